The third-order valence-corrected chi connectivity index (χ3v) is 8.88. The van der Waals surface area contributed by atoms with Crippen LogP contribution in [0.1, 0.15) is 220 Å². The van der Waals surface area contributed by atoms with Gasteiger partial charge in [0.2, 0.25) is 5.79 Å². The summed E-state index contributed by atoms with van der Waals surface area (Å²) in [6, 6.07) is 0. The molecule has 0 aromatic rings. The molecule has 4 heteroatoms. The Kier molecular flexibility index (Phi) is 31.3. The first-order valence-electron chi connectivity index (χ1n) is 19.0. The average Bonchev–Trinajstić information content (AvgIpc) is 2.97. The lowest BCUT2D eigenvalue weighted by Crippen LogP contribution is -2.38. The van der Waals surface area contributed by atoms with Crippen LogP contribution >= 0.6 is 0 Å². The fourth-order valence-electron chi connectivity index (χ4n) is 5.96. The summed E-state index contributed by atoms with van der Waals surface area (Å²) >= 11 is 0. The minimum atomic E-state index is -1.71. The molecule has 0 saturated carbocycles. The Morgan fingerprint density at radius 1 is 0.548 bits per heavy atom. The van der Waals surface area contributed by atoms with Crippen molar-refractivity contribution in [2.75, 3.05) is 6.61 Å². The summed E-state index contributed by atoms with van der Waals surface area (Å²) in [5, 5.41) is 20.2. The van der Waals surface area contributed by atoms with Gasteiger partial charge in [-0.3, -0.25) is 4.79 Å². The molecule has 0 rings (SSSR count). The van der Waals surface area contributed by atoms with E-state index < -0.39 is 12.4 Å². The van der Waals surface area contributed by atoms with E-state index in [4.69, 9.17) is 4.74 Å². The third kappa shape index (κ3) is 30.8. The number of carbonyl (C=O) groups excluding carboxylic acids is 1. The summed E-state index contributed by atoms with van der Waals surface area (Å²) in [7, 11) is 0. The molecule has 1 unspecified atom stereocenters. The molecule has 0 heterocycles. The second kappa shape index (κ2) is 31.8. The topological polar surface area (TPSA) is 66.8 Å². The predicted molar refractivity (Wildman–Crippen MR) is 182 cm³/mol. The van der Waals surface area contributed by atoms with Crippen molar-refractivity contribution < 1.29 is 19.7 Å². The predicted octanol–water partition coefficient (Wildman–Crippen LogP) is 12.0. The molecule has 0 spiro atoms. The largest absolute Gasteiger partial charge is 0.431 e. The molecule has 0 aromatic carbocycles. The van der Waals surface area contributed by atoms with E-state index in [2.05, 4.69) is 20.8 Å². The highest BCUT2D eigenvalue weighted by Crippen LogP contribution is 2.20. The Labute approximate surface area is 263 Å². The van der Waals surface area contributed by atoms with Crippen molar-refractivity contribution in [2.45, 2.75) is 226 Å². The van der Waals surface area contributed by atoms with E-state index in [1.165, 1.54) is 148 Å². The number of ether oxygens (including phenoxy) is 1. The first-order valence-corrected chi connectivity index (χ1v) is 19.0. The maximum Gasteiger partial charge on any atom is 0.308 e. The molecule has 252 valence electrons. The van der Waals surface area contributed by atoms with E-state index in [0.717, 1.165) is 44.4 Å². The smallest absolute Gasteiger partial charge is 0.308 e. The summed E-state index contributed by atoms with van der Waals surface area (Å²) < 4.78 is 5.30. The summed E-state index contributed by atoms with van der Waals surface area (Å²) in [5.41, 5.74) is 0. The lowest BCUT2D eigenvalue weighted by molar-refractivity contribution is -0.226. The molecule has 0 radical (unpaired) electrons. The van der Waals surface area contributed by atoms with Gasteiger partial charge in [-0.15, -0.1) is 0 Å². The molecule has 42 heavy (non-hydrogen) atoms. The molecule has 1 atom stereocenters. The highest BCUT2D eigenvalue weighted by atomic mass is 16.7. The van der Waals surface area contributed by atoms with Crippen LogP contribution in [0.2, 0.25) is 0 Å². The van der Waals surface area contributed by atoms with Crippen molar-refractivity contribution >= 4 is 5.97 Å². The average molecular weight is 597 g/mol. The van der Waals surface area contributed by atoms with Gasteiger partial charge in [-0.05, 0) is 18.8 Å². The first-order chi connectivity index (χ1) is 20.4. The standard InChI is InChI=1S/C38H76O4/c1-4-5-6-7-8-9-10-11-12-13-16-19-22-25-28-31-34-38(41,35-39)42-37(40)33-30-27-24-21-18-15-14-17-20-23-26-29-32-36(2)3/h36,39,41H,4-35H2,1-3H3. The quantitative estimate of drug-likeness (QED) is 0.0440. The third-order valence-electron chi connectivity index (χ3n) is 8.88. The summed E-state index contributed by atoms with van der Waals surface area (Å²) in [6.07, 6.45) is 37.9. The highest BCUT2D eigenvalue weighted by molar-refractivity contribution is 5.69. The zero-order chi connectivity index (χ0) is 31.0. The molecule has 0 fully saturated rings. The van der Waals surface area contributed by atoms with Crippen LogP contribution in [-0.2, 0) is 9.53 Å². The number of aliphatic hydroxyl groups excluding tert-OH is 1. The number of hydrogen-bond donors (Lipinski definition) is 2. The number of aliphatic hydroxyl groups is 2. The highest BCUT2D eigenvalue weighted by Gasteiger charge is 2.29. The molecule has 0 amide bonds. The van der Waals surface area contributed by atoms with Crippen molar-refractivity contribution in [3.8, 4) is 0 Å². The van der Waals surface area contributed by atoms with Crippen LogP contribution in [-0.4, -0.2) is 28.6 Å². The molecule has 2 N–H and O–H groups in total. The fraction of sp³-hybridized carbons (Fsp3) is 0.974. The van der Waals surface area contributed by atoms with Gasteiger partial charge < -0.3 is 14.9 Å². The van der Waals surface area contributed by atoms with Gasteiger partial charge in [0.05, 0.1) is 0 Å². The van der Waals surface area contributed by atoms with Crippen LogP contribution in [0.15, 0.2) is 0 Å². The van der Waals surface area contributed by atoms with Gasteiger partial charge in [-0.2, -0.15) is 0 Å². The maximum absolute atomic E-state index is 12.2. The van der Waals surface area contributed by atoms with E-state index in [0.29, 0.717) is 12.8 Å². The van der Waals surface area contributed by atoms with Gasteiger partial charge in [-0.1, -0.05) is 194 Å². The van der Waals surface area contributed by atoms with Gasteiger partial charge in [0.1, 0.15) is 6.61 Å². The molecule has 0 saturated heterocycles. The Morgan fingerprint density at radius 2 is 0.881 bits per heavy atom. The molecule has 4 nitrogen and oxygen atoms in total. The molecule has 0 bridgehead atoms. The second-order valence-electron chi connectivity index (χ2n) is 13.8. The van der Waals surface area contributed by atoms with Crippen LogP contribution in [0.4, 0.5) is 0 Å². The van der Waals surface area contributed by atoms with Crippen molar-refractivity contribution in [1.82, 2.24) is 0 Å². The van der Waals surface area contributed by atoms with E-state index in [9.17, 15) is 15.0 Å². The monoisotopic (exact) mass is 597 g/mol. The van der Waals surface area contributed by atoms with Crippen LogP contribution in [0, 0.1) is 5.92 Å². The normalized spacial score (nSPS) is 13.1. The Bertz CT molecular complexity index is 549. The number of unbranched alkanes of at least 4 members (excludes halogenated alkanes) is 26. The van der Waals surface area contributed by atoms with Crippen molar-refractivity contribution in [1.29, 1.82) is 0 Å². The number of esters is 1. The molecule has 0 aliphatic rings. The van der Waals surface area contributed by atoms with E-state index in [1.807, 2.05) is 0 Å². The number of rotatable bonds is 34. The Morgan fingerprint density at radius 3 is 1.24 bits per heavy atom. The molecular formula is C38H76O4. The minimum absolute atomic E-state index is 0.325. The SMILES string of the molecule is CCCCCCCCCCCCCCCCCCC(O)(CO)OC(=O)CCCCCCCCCCCCCCC(C)C. The van der Waals surface area contributed by atoms with Crippen LogP contribution in [0.3, 0.4) is 0 Å². The van der Waals surface area contributed by atoms with Gasteiger partial charge in [0.25, 0.3) is 0 Å². The summed E-state index contributed by atoms with van der Waals surface area (Å²) in [5.74, 6) is -1.24. The van der Waals surface area contributed by atoms with Crippen LogP contribution in [0.5, 0.6) is 0 Å². The van der Waals surface area contributed by atoms with Crippen molar-refractivity contribution in [3.63, 3.8) is 0 Å². The number of hydrogen-bond acceptors (Lipinski definition) is 4. The van der Waals surface area contributed by atoms with Gasteiger partial charge in [-0.25, -0.2) is 0 Å². The van der Waals surface area contributed by atoms with Crippen molar-refractivity contribution in [3.05, 3.63) is 0 Å². The lowest BCUT2D eigenvalue weighted by atomic mass is 10.0. The Hall–Kier alpha value is -0.610. The van der Waals surface area contributed by atoms with Crippen molar-refractivity contribution in [2.24, 2.45) is 5.92 Å². The van der Waals surface area contributed by atoms with E-state index >= 15 is 0 Å². The minimum Gasteiger partial charge on any atom is -0.431 e. The van der Waals surface area contributed by atoms with Gasteiger partial charge in [0, 0.05) is 12.8 Å². The van der Waals surface area contributed by atoms with Gasteiger partial charge >= 0.3 is 5.97 Å². The summed E-state index contributed by atoms with van der Waals surface area (Å²) in [4.78, 5) is 12.2. The van der Waals surface area contributed by atoms with E-state index in [-0.39, 0.29) is 5.97 Å². The van der Waals surface area contributed by atoms with E-state index in [1.54, 1.807) is 0 Å². The van der Waals surface area contributed by atoms with Crippen LogP contribution in [0.25, 0.3) is 0 Å². The molecule has 0 aliphatic carbocycles. The maximum atomic E-state index is 12.2. The molecular weight excluding hydrogens is 520 g/mol. The second-order valence-corrected chi connectivity index (χ2v) is 13.8. The Balaban J connectivity index is 3.52. The molecule has 0 aromatic heterocycles. The zero-order valence-electron chi connectivity index (χ0n) is 28.9. The zero-order valence-corrected chi connectivity index (χ0v) is 28.9. The van der Waals surface area contributed by atoms with Gasteiger partial charge in [0.15, 0.2) is 0 Å². The first kappa shape index (κ1) is 41.4. The summed E-state index contributed by atoms with van der Waals surface area (Å²) in [6.45, 7) is 6.38. The lowest BCUT2D eigenvalue weighted by Gasteiger charge is -2.25. The number of carbonyl (C=O) groups is 1. The van der Waals surface area contributed by atoms with Crippen LogP contribution < -0.4 is 0 Å². The fourth-order valence-corrected chi connectivity index (χ4v) is 5.96. The molecule has 0 aliphatic heterocycles.